The molecule has 0 saturated carbocycles. The summed E-state index contributed by atoms with van der Waals surface area (Å²) in [5, 5.41) is 8.70. The van der Waals surface area contributed by atoms with E-state index < -0.39 is 12.0 Å². The minimum atomic E-state index is -1.03. The standard InChI is InChI=1S/C7H8ClNO3/c8-6-2-4(3-12-6)1-5(9)7(10)11/h2-3,5H,1,9H2,(H,10,11). The van der Waals surface area contributed by atoms with Crippen LogP contribution in [0, 0.1) is 0 Å². The van der Waals surface area contributed by atoms with Crippen molar-refractivity contribution in [2.24, 2.45) is 5.73 Å². The number of furan rings is 1. The molecule has 1 unspecified atom stereocenters. The third kappa shape index (κ3) is 2.25. The van der Waals surface area contributed by atoms with E-state index in [4.69, 9.17) is 26.9 Å². The molecular weight excluding hydrogens is 182 g/mol. The van der Waals surface area contributed by atoms with E-state index in [9.17, 15) is 4.79 Å². The van der Waals surface area contributed by atoms with Crippen molar-refractivity contribution >= 4 is 17.6 Å². The molecule has 1 aromatic rings. The number of carboxylic acid groups (broad SMARTS) is 1. The van der Waals surface area contributed by atoms with Gasteiger partial charge in [0.05, 0.1) is 6.26 Å². The Morgan fingerprint density at radius 2 is 2.50 bits per heavy atom. The Morgan fingerprint density at radius 1 is 1.83 bits per heavy atom. The quantitative estimate of drug-likeness (QED) is 0.740. The van der Waals surface area contributed by atoms with Gasteiger partial charge in [0.15, 0.2) is 5.22 Å². The second-order valence-electron chi connectivity index (χ2n) is 2.41. The molecular formula is C7H8ClNO3. The molecule has 5 heteroatoms. The second kappa shape index (κ2) is 3.60. The summed E-state index contributed by atoms with van der Waals surface area (Å²) in [6, 6.07) is 0.642. The molecule has 66 valence electrons. The molecule has 1 heterocycles. The van der Waals surface area contributed by atoms with Crippen LogP contribution in [0.15, 0.2) is 16.7 Å². The Morgan fingerprint density at radius 3 is 2.92 bits per heavy atom. The molecule has 4 nitrogen and oxygen atoms in total. The summed E-state index contributed by atoms with van der Waals surface area (Å²) < 4.78 is 4.76. The van der Waals surface area contributed by atoms with Gasteiger partial charge in [-0.1, -0.05) is 0 Å². The Kier molecular flexibility index (Phi) is 2.73. The number of rotatable bonds is 3. The van der Waals surface area contributed by atoms with Gasteiger partial charge in [0.1, 0.15) is 6.04 Å². The highest BCUT2D eigenvalue weighted by atomic mass is 35.5. The number of carbonyl (C=O) groups is 1. The van der Waals surface area contributed by atoms with Crippen molar-refractivity contribution in [3.8, 4) is 0 Å². The molecule has 1 rings (SSSR count). The van der Waals surface area contributed by atoms with Crippen molar-refractivity contribution < 1.29 is 14.3 Å². The normalized spacial score (nSPS) is 12.8. The molecule has 0 aliphatic rings. The van der Waals surface area contributed by atoms with Crippen LogP contribution in [0.3, 0.4) is 0 Å². The first-order chi connectivity index (χ1) is 5.59. The van der Waals surface area contributed by atoms with Gasteiger partial charge in [0, 0.05) is 6.42 Å². The first kappa shape index (κ1) is 9.09. The minimum absolute atomic E-state index is 0.228. The predicted molar refractivity (Wildman–Crippen MR) is 43.0 cm³/mol. The molecule has 0 aliphatic heterocycles. The van der Waals surface area contributed by atoms with E-state index in [1.807, 2.05) is 0 Å². The number of hydrogen-bond acceptors (Lipinski definition) is 3. The fraction of sp³-hybridized carbons (Fsp3) is 0.286. The number of hydrogen-bond donors (Lipinski definition) is 2. The van der Waals surface area contributed by atoms with Crippen LogP contribution in [0.2, 0.25) is 5.22 Å². The van der Waals surface area contributed by atoms with Gasteiger partial charge in [-0.15, -0.1) is 0 Å². The SMILES string of the molecule is NC(Cc1coc(Cl)c1)C(=O)O. The van der Waals surface area contributed by atoms with Crippen LogP contribution in [0.5, 0.6) is 0 Å². The Hall–Kier alpha value is -1.00. The lowest BCUT2D eigenvalue weighted by Crippen LogP contribution is -2.32. The van der Waals surface area contributed by atoms with Crippen LogP contribution < -0.4 is 5.73 Å². The van der Waals surface area contributed by atoms with E-state index in [1.165, 1.54) is 6.26 Å². The molecule has 12 heavy (non-hydrogen) atoms. The van der Waals surface area contributed by atoms with E-state index in [0.29, 0.717) is 5.56 Å². The lowest BCUT2D eigenvalue weighted by atomic mass is 10.1. The molecule has 0 saturated heterocycles. The highest BCUT2D eigenvalue weighted by Crippen LogP contribution is 2.14. The Labute approximate surface area is 73.9 Å². The van der Waals surface area contributed by atoms with E-state index in [2.05, 4.69) is 0 Å². The van der Waals surface area contributed by atoms with Gasteiger partial charge in [0.25, 0.3) is 0 Å². The van der Waals surface area contributed by atoms with Gasteiger partial charge in [-0.3, -0.25) is 4.79 Å². The van der Waals surface area contributed by atoms with Crippen LogP contribution in [0.1, 0.15) is 5.56 Å². The third-order valence-electron chi connectivity index (χ3n) is 1.39. The predicted octanol–water partition coefficient (Wildman–Crippen LogP) is 0.887. The minimum Gasteiger partial charge on any atom is -0.480 e. The average Bonchev–Trinajstić information content (AvgIpc) is 2.35. The fourth-order valence-electron chi connectivity index (χ4n) is 0.794. The Bertz CT molecular complexity index is 284. The molecule has 3 N–H and O–H groups in total. The van der Waals surface area contributed by atoms with E-state index >= 15 is 0 Å². The topological polar surface area (TPSA) is 76.5 Å². The molecule has 0 amide bonds. The zero-order valence-corrected chi connectivity index (χ0v) is 6.91. The first-order valence-corrected chi connectivity index (χ1v) is 3.68. The van der Waals surface area contributed by atoms with Crippen LogP contribution in [-0.2, 0) is 11.2 Å². The van der Waals surface area contributed by atoms with Crippen molar-refractivity contribution in [1.82, 2.24) is 0 Å². The number of nitrogens with two attached hydrogens (primary N) is 1. The maximum Gasteiger partial charge on any atom is 0.320 e. The number of carboxylic acids is 1. The molecule has 0 fully saturated rings. The van der Waals surface area contributed by atoms with Crippen molar-refractivity contribution in [1.29, 1.82) is 0 Å². The smallest absolute Gasteiger partial charge is 0.320 e. The van der Waals surface area contributed by atoms with Gasteiger partial charge < -0.3 is 15.3 Å². The van der Waals surface area contributed by atoms with Crippen LogP contribution >= 0.6 is 11.6 Å². The summed E-state index contributed by atoms with van der Waals surface area (Å²) in [4.78, 5) is 10.3. The van der Waals surface area contributed by atoms with Gasteiger partial charge in [0.2, 0.25) is 0 Å². The Balaban J connectivity index is 2.58. The summed E-state index contributed by atoms with van der Waals surface area (Å²) in [6.45, 7) is 0. The molecule has 0 aliphatic carbocycles. The maximum absolute atomic E-state index is 10.3. The third-order valence-corrected chi connectivity index (χ3v) is 1.59. The average molecular weight is 190 g/mol. The summed E-state index contributed by atoms with van der Waals surface area (Å²) in [5.74, 6) is -1.03. The largest absolute Gasteiger partial charge is 0.480 e. The molecule has 0 radical (unpaired) electrons. The summed E-state index contributed by atoms with van der Waals surface area (Å²) in [5.41, 5.74) is 5.96. The maximum atomic E-state index is 10.3. The van der Waals surface area contributed by atoms with E-state index in [-0.39, 0.29) is 11.6 Å². The van der Waals surface area contributed by atoms with Crippen LogP contribution in [-0.4, -0.2) is 17.1 Å². The van der Waals surface area contributed by atoms with E-state index in [0.717, 1.165) is 0 Å². The zero-order chi connectivity index (χ0) is 9.14. The molecule has 1 aromatic heterocycles. The molecule has 0 bridgehead atoms. The lowest BCUT2D eigenvalue weighted by Gasteiger charge is -2.01. The first-order valence-electron chi connectivity index (χ1n) is 3.31. The second-order valence-corrected chi connectivity index (χ2v) is 2.78. The van der Waals surface area contributed by atoms with Gasteiger partial charge in [-0.25, -0.2) is 0 Å². The van der Waals surface area contributed by atoms with Crippen molar-refractivity contribution in [2.75, 3.05) is 0 Å². The monoisotopic (exact) mass is 189 g/mol. The van der Waals surface area contributed by atoms with Crippen LogP contribution in [0.25, 0.3) is 0 Å². The van der Waals surface area contributed by atoms with Gasteiger partial charge >= 0.3 is 5.97 Å². The number of aliphatic carboxylic acids is 1. The summed E-state index contributed by atoms with van der Waals surface area (Å²) >= 11 is 5.47. The molecule has 0 aromatic carbocycles. The summed E-state index contributed by atoms with van der Waals surface area (Å²) in [7, 11) is 0. The van der Waals surface area contributed by atoms with Crippen molar-refractivity contribution in [3.63, 3.8) is 0 Å². The van der Waals surface area contributed by atoms with Gasteiger partial charge in [-0.2, -0.15) is 0 Å². The highest BCUT2D eigenvalue weighted by Gasteiger charge is 2.13. The molecule has 1 atom stereocenters. The van der Waals surface area contributed by atoms with Crippen molar-refractivity contribution in [3.05, 3.63) is 23.1 Å². The fourth-order valence-corrected chi connectivity index (χ4v) is 0.979. The lowest BCUT2D eigenvalue weighted by molar-refractivity contribution is -0.138. The zero-order valence-electron chi connectivity index (χ0n) is 6.16. The highest BCUT2D eigenvalue weighted by molar-refractivity contribution is 6.28. The van der Waals surface area contributed by atoms with Crippen molar-refractivity contribution in [2.45, 2.75) is 12.5 Å². The summed E-state index contributed by atoms with van der Waals surface area (Å²) in [6.07, 6.45) is 1.62. The van der Waals surface area contributed by atoms with Crippen LogP contribution in [0.4, 0.5) is 0 Å². The van der Waals surface area contributed by atoms with Gasteiger partial charge in [-0.05, 0) is 23.2 Å². The van der Waals surface area contributed by atoms with E-state index in [1.54, 1.807) is 6.07 Å². The molecule has 0 spiro atoms. The number of halogens is 1.